The van der Waals surface area contributed by atoms with Crippen LogP contribution in [-0.4, -0.2) is 11.7 Å². The second-order valence-corrected chi connectivity index (χ2v) is 6.73. The molecular formula is C16H20BrNOS. The third-order valence-corrected chi connectivity index (χ3v) is 4.73. The zero-order valence-electron chi connectivity index (χ0n) is 11.6. The van der Waals surface area contributed by atoms with Crippen LogP contribution in [0.5, 0.6) is 0 Å². The van der Waals surface area contributed by atoms with E-state index >= 15 is 0 Å². The lowest BCUT2D eigenvalue weighted by Gasteiger charge is -2.19. The SMILES string of the molecule is CCCC(NCC(O)c1cccc(Br)c1)c1cccs1. The Kier molecular flexibility index (Phi) is 6.23. The molecule has 108 valence electrons. The topological polar surface area (TPSA) is 32.3 Å². The van der Waals surface area contributed by atoms with Gasteiger partial charge in [-0.05, 0) is 35.6 Å². The molecule has 2 aromatic rings. The first-order valence-electron chi connectivity index (χ1n) is 6.91. The first-order chi connectivity index (χ1) is 9.70. The fourth-order valence-electron chi connectivity index (χ4n) is 2.21. The Hall–Kier alpha value is -0.680. The molecule has 0 spiro atoms. The Bertz CT molecular complexity index is 515. The number of hydrogen-bond acceptors (Lipinski definition) is 3. The van der Waals surface area contributed by atoms with Crippen LogP contribution >= 0.6 is 27.3 Å². The fourth-order valence-corrected chi connectivity index (χ4v) is 3.46. The average Bonchev–Trinajstić information content (AvgIpc) is 2.97. The molecule has 2 atom stereocenters. The van der Waals surface area contributed by atoms with Crippen LogP contribution in [0.4, 0.5) is 0 Å². The Balaban J connectivity index is 1.95. The number of aliphatic hydroxyl groups is 1. The van der Waals surface area contributed by atoms with Crippen molar-refractivity contribution >= 4 is 27.3 Å². The van der Waals surface area contributed by atoms with Crippen molar-refractivity contribution in [2.24, 2.45) is 0 Å². The lowest BCUT2D eigenvalue weighted by molar-refractivity contribution is 0.169. The van der Waals surface area contributed by atoms with Gasteiger partial charge in [0.05, 0.1) is 6.10 Å². The van der Waals surface area contributed by atoms with Gasteiger partial charge >= 0.3 is 0 Å². The van der Waals surface area contributed by atoms with Gasteiger partial charge in [-0.25, -0.2) is 0 Å². The van der Waals surface area contributed by atoms with Crippen molar-refractivity contribution in [2.45, 2.75) is 31.9 Å². The first kappa shape index (κ1) is 15.7. The molecule has 2 N–H and O–H groups in total. The summed E-state index contributed by atoms with van der Waals surface area (Å²) in [5.74, 6) is 0. The molecule has 0 aliphatic heterocycles. The Morgan fingerprint density at radius 2 is 2.15 bits per heavy atom. The smallest absolute Gasteiger partial charge is 0.0914 e. The molecule has 0 amide bonds. The van der Waals surface area contributed by atoms with Gasteiger partial charge in [-0.2, -0.15) is 0 Å². The van der Waals surface area contributed by atoms with Crippen LogP contribution in [0, 0.1) is 0 Å². The monoisotopic (exact) mass is 353 g/mol. The Labute approximate surface area is 133 Å². The highest BCUT2D eigenvalue weighted by Gasteiger charge is 2.14. The summed E-state index contributed by atoms with van der Waals surface area (Å²) in [6, 6.07) is 12.4. The summed E-state index contributed by atoms with van der Waals surface area (Å²) in [6.45, 7) is 2.76. The fraction of sp³-hybridized carbons (Fsp3) is 0.375. The molecule has 20 heavy (non-hydrogen) atoms. The summed E-state index contributed by atoms with van der Waals surface area (Å²) in [5.41, 5.74) is 0.938. The summed E-state index contributed by atoms with van der Waals surface area (Å²) < 4.78 is 0.998. The van der Waals surface area contributed by atoms with Gasteiger partial charge in [0.1, 0.15) is 0 Å². The molecule has 2 rings (SSSR count). The van der Waals surface area contributed by atoms with Crippen molar-refractivity contribution in [3.63, 3.8) is 0 Å². The maximum absolute atomic E-state index is 10.3. The van der Waals surface area contributed by atoms with Gasteiger partial charge in [0.25, 0.3) is 0 Å². The minimum atomic E-state index is -0.480. The van der Waals surface area contributed by atoms with Crippen molar-refractivity contribution in [1.29, 1.82) is 0 Å². The van der Waals surface area contributed by atoms with Crippen LogP contribution in [0.3, 0.4) is 0 Å². The lowest BCUT2D eigenvalue weighted by atomic mass is 10.1. The van der Waals surface area contributed by atoms with Gasteiger partial charge in [0.2, 0.25) is 0 Å². The summed E-state index contributed by atoms with van der Waals surface area (Å²) >= 11 is 5.21. The van der Waals surface area contributed by atoms with E-state index in [1.165, 1.54) is 4.88 Å². The highest BCUT2D eigenvalue weighted by atomic mass is 79.9. The number of halogens is 1. The second-order valence-electron chi connectivity index (χ2n) is 4.84. The molecule has 0 saturated heterocycles. The van der Waals surface area contributed by atoms with Crippen LogP contribution in [0.2, 0.25) is 0 Å². The van der Waals surface area contributed by atoms with Gasteiger partial charge < -0.3 is 10.4 Å². The van der Waals surface area contributed by atoms with Crippen molar-refractivity contribution < 1.29 is 5.11 Å². The van der Waals surface area contributed by atoms with Crippen LogP contribution in [0.25, 0.3) is 0 Å². The second kappa shape index (κ2) is 7.93. The predicted molar refractivity (Wildman–Crippen MR) is 89.1 cm³/mol. The van der Waals surface area contributed by atoms with Gasteiger partial charge in [0.15, 0.2) is 0 Å². The zero-order valence-corrected chi connectivity index (χ0v) is 14.0. The average molecular weight is 354 g/mol. The summed E-state index contributed by atoms with van der Waals surface area (Å²) in [6.07, 6.45) is 1.74. The Morgan fingerprint density at radius 3 is 2.80 bits per heavy atom. The number of nitrogens with one attached hydrogen (secondary N) is 1. The molecule has 0 bridgehead atoms. The normalized spacial score (nSPS) is 14.2. The highest BCUT2D eigenvalue weighted by Crippen LogP contribution is 2.24. The molecule has 0 radical (unpaired) electrons. The van der Waals surface area contributed by atoms with Gasteiger partial charge in [-0.15, -0.1) is 11.3 Å². The van der Waals surface area contributed by atoms with E-state index in [-0.39, 0.29) is 0 Å². The van der Waals surface area contributed by atoms with Gasteiger partial charge in [0, 0.05) is 21.9 Å². The molecule has 2 nitrogen and oxygen atoms in total. The van der Waals surface area contributed by atoms with E-state index in [1.54, 1.807) is 11.3 Å². The van der Waals surface area contributed by atoms with Crippen molar-refractivity contribution in [1.82, 2.24) is 5.32 Å². The Morgan fingerprint density at radius 1 is 1.30 bits per heavy atom. The van der Waals surface area contributed by atoms with Crippen LogP contribution in [-0.2, 0) is 0 Å². The third kappa shape index (κ3) is 4.42. The number of rotatable bonds is 7. The molecule has 0 aliphatic rings. The van der Waals surface area contributed by atoms with Gasteiger partial charge in [-0.1, -0.05) is 47.5 Å². The third-order valence-electron chi connectivity index (χ3n) is 3.26. The van der Waals surface area contributed by atoms with E-state index in [0.29, 0.717) is 12.6 Å². The number of hydrogen-bond donors (Lipinski definition) is 2. The number of benzene rings is 1. The highest BCUT2D eigenvalue weighted by molar-refractivity contribution is 9.10. The summed E-state index contributed by atoms with van der Waals surface area (Å²) in [4.78, 5) is 1.34. The minimum absolute atomic E-state index is 0.335. The summed E-state index contributed by atoms with van der Waals surface area (Å²) in [5, 5.41) is 15.9. The minimum Gasteiger partial charge on any atom is -0.387 e. The van der Waals surface area contributed by atoms with E-state index in [4.69, 9.17) is 0 Å². The molecule has 0 fully saturated rings. The number of aliphatic hydroxyl groups excluding tert-OH is 1. The van der Waals surface area contributed by atoms with E-state index in [9.17, 15) is 5.11 Å². The van der Waals surface area contributed by atoms with E-state index in [1.807, 2.05) is 24.3 Å². The molecule has 2 unspecified atom stereocenters. The molecule has 4 heteroatoms. The largest absolute Gasteiger partial charge is 0.387 e. The van der Waals surface area contributed by atoms with Crippen LogP contribution < -0.4 is 5.32 Å². The van der Waals surface area contributed by atoms with E-state index < -0.39 is 6.10 Å². The predicted octanol–water partition coefficient (Wildman–Crippen LogP) is 4.68. The molecule has 1 heterocycles. The quantitative estimate of drug-likeness (QED) is 0.757. The molecule has 1 aromatic heterocycles. The van der Waals surface area contributed by atoms with E-state index in [2.05, 4.69) is 45.7 Å². The molecular weight excluding hydrogens is 334 g/mol. The van der Waals surface area contributed by atoms with Crippen molar-refractivity contribution in [2.75, 3.05) is 6.54 Å². The van der Waals surface area contributed by atoms with Crippen molar-refractivity contribution in [3.05, 3.63) is 56.7 Å². The lowest BCUT2D eigenvalue weighted by Crippen LogP contribution is -2.26. The molecule has 0 aliphatic carbocycles. The first-order valence-corrected chi connectivity index (χ1v) is 8.58. The van der Waals surface area contributed by atoms with Crippen LogP contribution in [0.1, 0.15) is 42.4 Å². The maximum atomic E-state index is 10.3. The standard InChI is InChI=1S/C16H20BrNOS/c1-2-5-14(16-8-4-9-20-16)18-11-15(19)12-6-3-7-13(17)10-12/h3-4,6-10,14-15,18-19H,2,5,11H2,1H3. The summed E-state index contributed by atoms with van der Waals surface area (Å²) in [7, 11) is 0. The van der Waals surface area contributed by atoms with Crippen LogP contribution in [0.15, 0.2) is 46.3 Å². The maximum Gasteiger partial charge on any atom is 0.0914 e. The van der Waals surface area contributed by atoms with E-state index in [0.717, 1.165) is 22.9 Å². The molecule has 1 aromatic carbocycles. The van der Waals surface area contributed by atoms with Gasteiger partial charge in [-0.3, -0.25) is 0 Å². The van der Waals surface area contributed by atoms with Crippen molar-refractivity contribution in [3.8, 4) is 0 Å². The molecule has 0 saturated carbocycles. The number of thiophene rings is 1. The zero-order chi connectivity index (χ0) is 14.4.